The molecule has 168 valence electrons. The predicted octanol–water partition coefficient (Wildman–Crippen LogP) is 3.25. The number of hydrogen-bond donors (Lipinski definition) is 0. The molecular formula is C26H31N3O3. The number of carbonyl (C=O) groups is 2. The molecule has 0 atom stereocenters. The summed E-state index contributed by atoms with van der Waals surface area (Å²) in [5.41, 5.74) is 3.10. The fourth-order valence-corrected chi connectivity index (χ4v) is 4.38. The van der Waals surface area contributed by atoms with Crippen LogP contribution in [0.4, 0.5) is 0 Å². The first-order chi connectivity index (χ1) is 15.5. The topological polar surface area (TPSA) is 53.1 Å². The average molecular weight is 434 g/mol. The van der Waals surface area contributed by atoms with Crippen LogP contribution in [0.25, 0.3) is 5.57 Å². The monoisotopic (exact) mass is 433 g/mol. The van der Waals surface area contributed by atoms with E-state index in [-0.39, 0.29) is 17.7 Å². The molecular weight excluding hydrogens is 402 g/mol. The highest BCUT2D eigenvalue weighted by Crippen LogP contribution is 2.33. The third kappa shape index (κ3) is 4.55. The standard InChI is InChI=1S/C26H31N3O3/c1-19(2)17-29-25(30)23(21-9-11-22(32-3)12-10-21)24(26(29)31)28-15-13-27(14-16-28)18-20-7-5-4-6-8-20/h4-12,19H,13-18H2,1-3H3. The number of ether oxygens (including phenoxy) is 1. The van der Waals surface area contributed by atoms with Gasteiger partial charge in [-0.25, -0.2) is 0 Å². The molecule has 2 heterocycles. The smallest absolute Gasteiger partial charge is 0.277 e. The van der Waals surface area contributed by atoms with Gasteiger partial charge in [-0.1, -0.05) is 56.3 Å². The molecule has 0 radical (unpaired) electrons. The third-order valence-corrected chi connectivity index (χ3v) is 6.01. The molecule has 2 aliphatic heterocycles. The second kappa shape index (κ2) is 9.57. The Balaban J connectivity index is 1.58. The number of rotatable bonds is 7. The number of hydrogen-bond acceptors (Lipinski definition) is 5. The average Bonchev–Trinajstić information content (AvgIpc) is 3.05. The van der Waals surface area contributed by atoms with Crippen LogP contribution >= 0.6 is 0 Å². The highest BCUT2D eigenvalue weighted by Gasteiger charge is 2.42. The van der Waals surface area contributed by atoms with Gasteiger partial charge in [-0.05, 0) is 29.2 Å². The van der Waals surface area contributed by atoms with Crippen molar-refractivity contribution >= 4 is 17.4 Å². The maximum atomic E-state index is 13.4. The number of benzene rings is 2. The predicted molar refractivity (Wildman–Crippen MR) is 125 cm³/mol. The Kier molecular flexibility index (Phi) is 6.61. The van der Waals surface area contributed by atoms with Crippen LogP contribution in [-0.2, 0) is 16.1 Å². The molecule has 32 heavy (non-hydrogen) atoms. The van der Waals surface area contributed by atoms with Gasteiger partial charge in [-0.15, -0.1) is 0 Å². The van der Waals surface area contributed by atoms with Crippen molar-refractivity contribution < 1.29 is 14.3 Å². The molecule has 0 N–H and O–H groups in total. The maximum absolute atomic E-state index is 13.4. The van der Waals surface area contributed by atoms with Crippen molar-refractivity contribution in [3.05, 3.63) is 71.4 Å². The van der Waals surface area contributed by atoms with Gasteiger partial charge in [0.15, 0.2) is 0 Å². The summed E-state index contributed by atoms with van der Waals surface area (Å²) >= 11 is 0. The molecule has 0 bridgehead atoms. The number of piperazine rings is 1. The molecule has 0 aliphatic carbocycles. The molecule has 6 heteroatoms. The van der Waals surface area contributed by atoms with Crippen molar-refractivity contribution in [2.45, 2.75) is 20.4 Å². The van der Waals surface area contributed by atoms with Crippen molar-refractivity contribution in [1.82, 2.24) is 14.7 Å². The quantitative estimate of drug-likeness (QED) is 0.628. The van der Waals surface area contributed by atoms with Gasteiger partial charge in [-0.3, -0.25) is 19.4 Å². The van der Waals surface area contributed by atoms with Gasteiger partial charge in [0.2, 0.25) is 0 Å². The number of carbonyl (C=O) groups excluding carboxylic acids is 2. The van der Waals surface area contributed by atoms with Gasteiger partial charge in [-0.2, -0.15) is 0 Å². The molecule has 2 aromatic rings. The summed E-state index contributed by atoms with van der Waals surface area (Å²) in [4.78, 5) is 32.6. The zero-order chi connectivity index (χ0) is 22.7. The normalized spacial score (nSPS) is 17.6. The summed E-state index contributed by atoms with van der Waals surface area (Å²) in [5, 5.41) is 0. The lowest BCUT2D eigenvalue weighted by molar-refractivity contribution is -0.138. The van der Waals surface area contributed by atoms with Crippen LogP contribution in [0.2, 0.25) is 0 Å². The van der Waals surface area contributed by atoms with E-state index in [2.05, 4.69) is 34.1 Å². The molecule has 6 nitrogen and oxygen atoms in total. The molecule has 0 unspecified atom stereocenters. The first-order valence-electron chi connectivity index (χ1n) is 11.2. The highest BCUT2D eigenvalue weighted by molar-refractivity contribution is 6.35. The van der Waals surface area contributed by atoms with E-state index >= 15 is 0 Å². The number of imide groups is 1. The van der Waals surface area contributed by atoms with Gasteiger partial charge >= 0.3 is 0 Å². The Bertz CT molecular complexity index is 991. The second-order valence-electron chi connectivity index (χ2n) is 8.82. The minimum absolute atomic E-state index is 0.175. The Morgan fingerprint density at radius 3 is 2.12 bits per heavy atom. The van der Waals surface area contributed by atoms with Crippen LogP contribution in [-0.4, -0.2) is 66.3 Å². The second-order valence-corrected chi connectivity index (χ2v) is 8.82. The third-order valence-electron chi connectivity index (χ3n) is 6.01. The number of nitrogens with zero attached hydrogens (tertiary/aromatic N) is 3. The van der Waals surface area contributed by atoms with Crippen LogP contribution in [0, 0.1) is 5.92 Å². The van der Waals surface area contributed by atoms with E-state index in [1.807, 2.05) is 44.2 Å². The lowest BCUT2D eigenvalue weighted by Gasteiger charge is -2.36. The van der Waals surface area contributed by atoms with Crippen molar-refractivity contribution in [3.63, 3.8) is 0 Å². The zero-order valence-corrected chi connectivity index (χ0v) is 19.1. The fraction of sp³-hybridized carbons (Fsp3) is 0.385. The molecule has 0 aromatic heterocycles. The first kappa shape index (κ1) is 22.1. The molecule has 2 aliphatic rings. The van der Waals surface area contributed by atoms with Crippen LogP contribution < -0.4 is 4.74 Å². The molecule has 2 aromatic carbocycles. The summed E-state index contributed by atoms with van der Waals surface area (Å²) in [5.74, 6) is 0.560. The molecule has 4 rings (SSSR count). The van der Waals surface area contributed by atoms with E-state index in [1.165, 1.54) is 10.5 Å². The Morgan fingerprint density at radius 1 is 0.875 bits per heavy atom. The van der Waals surface area contributed by atoms with E-state index in [4.69, 9.17) is 4.74 Å². The largest absolute Gasteiger partial charge is 0.497 e. The van der Waals surface area contributed by atoms with Crippen molar-refractivity contribution in [1.29, 1.82) is 0 Å². The van der Waals surface area contributed by atoms with Gasteiger partial charge in [0.25, 0.3) is 11.8 Å². The van der Waals surface area contributed by atoms with Crippen LogP contribution in [0.5, 0.6) is 5.75 Å². The first-order valence-corrected chi connectivity index (χ1v) is 11.2. The fourth-order valence-electron chi connectivity index (χ4n) is 4.38. The highest BCUT2D eigenvalue weighted by atomic mass is 16.5. The maximum Gasteiger partial charge on any atom is 0.277 e. The molecule has 0 saturated carbocycles. The summed E-state index contributed by atoms with van der Waals surface area (Å²) in [7, 11) is 1.61. The van der Waals surface area contributed by atoms with E-state index < -0.39 is 0 Å². The van der Waals surface area contributed by atoms with Crippen LogP contribution in [0.15, 0.2) is 60.3 Å². The van der Waals surface area contributed by atoms with Crippen LogP contribution in [0.1, 0.15) is 25.0 Å². The van der Waals surface area contributed by atoms with Crippen molar-refractivity contribution in [2.24, 2.45) is 5.92 Å². The Morgan fingerprint density at radius 2 is 1.53 bits per heavy atom. The lowest BCUT2D eigenvalue weighted by Crippen LogP contribution is -2.47. The summed E-state index contributed by atoms with van der Waals surface area (Å²) in [6, 6.07) is 17.8. The van der Waals surface area contributed by atoms with E-state index in [0.717, 1.165) is 44.0 Å². The summed E-state index contributed by atoms with van der Waals surface area (Å²) in [6.45, 7) is 8.49. The lowest BCUT2D eigenvalue weighted by atomic mass is 10.0. The van der Waals surface area contributed by atoms with Crippen molar-refractivity contribution in [3.8, 4) is 5.75 Å². The van der Waals surface area contributed by atoms with Gasteiger partial charge in [0.05, 0.1) is 12.7 Å². The summed E-state index contributed by atoms with van der Waals surface area (Å²) in [6.07, 6.45) is 0. The van der Waals surface area contributed by atoms with E-state index in [1.54, 1.807) is 7.11 Å². The molecule has 1 fully saturated rings. The van der Waals surface area contributed by atoms with Gasteiger partial charge in [0, 0.05) is 39.3 Å². The zero-order valence-electron chi connectivity index (χ0n) is 19.1. The SMILES string of the molecule is COc1ccc(C2=C(N3CCN(Cc4ccccc4)CC3)C(=O)N(CC(C)C)C2=O)cc1. The summed E-state index contributed by atoms with van der Waals surface area (Å²) < 4.78 is 5.26. The van der Waals surface area contributed by atoms with E-state index in [0.29, 0.717) is 17.8 Å². The Hall–Kier alpha value is -3.12. The van der Waals surface area contributed by atoms with Crippen molar-refractivity contribution in [2.75, 3.05) is 39.8 Å². The minimum atomic E-state index is -0.199. The number of methoxy groups -OCH3 is 1. The Labute approximate surface area is 190 Å². The minimum Gasteiger partial charge on any atom is -0.497 e. The molecule has 1 saturated heterocycles. The van der Waals surface area contributed by atoms with Crippen LogP contribution in [0.3, 0.4) is 0 Å². The molecule has 2 amide bonds. The van der Waals surface area contributed by atoms with Gasteiger partial charge < -0.3 is 9.64 Å². The van der Waals surface area contributed by atoms with E-state index in [9.17, 15) is 9.59 Å². The van der Waals surface area contributed by atoms with Gasteiger partial charge in [0.1, 0.15) is 11.4 Å². The molecule has 0 spiro atoms. The number of amides is 2.